The molecule has 25 heavy (non-hydrogen) atoms. The maximum Gasteiger partial charge on any atom is 0.257 e. The summed E-state index contributed by atoms with van der Waals surface area (Å²) in [6.45, 7) is 1.87. The Morgan fingerprint density at radius 2 is 2.00 bits per heavy atom. The Bertz CT molecular complexity index is 734. The van der Waals surface area contributed by atoms with Crippen LogP contribution in [0.1, 0.15) is 38.1 Å². The van der Waals surface area contributed by atoms with Gasteiger partial charge in [-0.1, -0.05) is 23.4 Å². The van der Waals surface area contributed by atoms with Crippen molar-refractivity contribution in [2.24, 2.45) is 23.5 Å². The van der Waals surface area contributed by atoms with Gasteiger partial charge in [-0.25, -0.2) is 0 Å². The average Bonchev–Trinajstić information content (AvgIpc) is 3.31. The van der Waals surface area contributed by atoms with Crippen LogP contribution in [0.3, 0.4) is 0 Å². The van der Waals surface area contributed by atoms with Gasteiger partial charge in [0.05, 0.1) is 12.0 Å². The second-order valence-electron chi connectivity index (χ2n) is 6.99. The molecule has 134 valence electrons. The highest BCUT2D eigenvalue weighted by atomic mass is 35.5. The number of carbonyl (C=O) groups excluding carboxylic acids is 1. The number of fused-ring (bicyclic) bond motifs is 2. The minimum Gasteiger partial charge on any atom is -0.346 e. The van der Waals surface area contributed by atoms with E-state index in [0.29, 0.717) is 23.6 Å². The van der Waals surface area contributed by atoms with Crippen molar-refractivity contribution in [2.75, 3.05) is 0 Å². The quantitative estimate of drug-likeness (QED) is 0.872. The van der Waals surface area contributed by atoms with Gasteiger partial charge in [0, 0.05) is 11.6 Å². The Morgan fingerprint density at radius 3 is 2.68 bits per heavy atom. The molecule has 1 amide bonds. The maximum absolute atomic E-state index is 12.6. The molecule has 2 bridgehead atoms. The number of carbonyl (C=O) groups is 1. The molecular weight excluding hydrogens is 340 g/mol. The molecule has 0 saturated heterocycles. The lowest BCUT2D eigenvalue weighted by Crippen LogP contribution is -2.45. The zero-order chi connectivity index (χ0) is 16.7. The monoisotopic (exact) mass is 362 g/mol. The minimum absolute atomic E-state index is 0. The van der Waals surface area contributed by atoms with Crippen LogP contribution < -0.4 is 11.1 Å². The van der Waals surface area contributed by atoms with Crippen molar-refractivity contribution in [3.63, 3.8) is 0 Å². The van der Waals surface area contributed by atoms with Crippen LogP contribution in [-0.4, -0.2) is 22.1 Å². The van der Waals surface area contributed by atoms with Crippen LogP contribution >= 0.6 is 12.4 Å². The standard InChI is InChI=1S/C18H22N4O2.ClH/c1-10(16-21-18(24-22-16)11-5-3-2-4-6-11)20-17(23)14-12-7-8-13(9-12)15(14)19;/h2-6,10,12-15H,7-9,19H2,1H3,(H,20,23);1H. The van der Waals surface area contributed by atoms with E-state index in [-0.39, 0.29) is 36.3 Å². The number of hydrogen-bond acceptors (Lipinski definition) is 5. The number of nitrogens with zero attached hydrogens (tertiary/aromatic N) is 2. The van der Waals surface area contributed by atoms with Crippen molar-refractivity contribution >= 4 is 18.3 Å². The van der Waals surface area contributed by atoms with Gasteiger partial charge in [0.15, 0.2) is 5.82 Å². The zero-order valence-corrected chi connectivity index (χ0v) is 14.9. The number of hydrogen-bond donors (Lipinski definition) is 2. The Hall–Kier alpha value is -1.92. The van der Waals surface area contributed by atoms with Crippen molar-refractivity contribution in [1.29, 1.82) is 0 Å². The van der Waals surface area contributed by atoms with Gasteiger partial charge in [-0.15, -0.1) is 12.4 Å². The van der Waals surface area contributed by atoms with Crippen molar-refractivity contribution in [3.05, 3.63) is 36.2 Å². The molecule has 1 heterocycles. The van der Waals surface area contributed by atoms with E-state index in [2.05, 4.69) is 15.5 Å². The minimum atomic E-state index is -0.301. The highest BCUT2D eigenvalue weighted by molar-refractivity contribution is 5.85. The van der Waals surface area contributed by atoms with Crippen LogP contribution in [0.4, 0.5) is 0 Å². The number of amides is 1. The third-order valence-corrected chi connectivity index (χ3v) is 5.49. The first kappa shape index (κ1) is 17.9. The van der Waals surface area contributed by atoms with Gasteiger partial charge < -0.3 is 15.6 Å². The molecule has 5 atom stereocenters. The number of halogens is 1. The summed E-state index contributed by atoms with van der Waals surface area (Å²) >= 11 is 0. The van der Waals surface area contributed by atoms with Crippen LogP contribution in [0.15, 0.2) is 34.9 Å². The smallest absolute Gasteiger partial charge is 0.257 e. The summed E-state index contributed by atoms with van der Waals surface area (Å²) < 4.78 is 5.31. The van der Waals surface area contributed by atoms with Gasteiger partial charge in [-0.3, -0.25) is 4.79 Å². The predicted octanol–water partition coefficient (Wildman–Crippen LogP) is 2.71. The second kappa shape index (κ2) is 7.14. The molecule has 1 aromatic carbocycles. The number of rotatable bonds is 4. The molecule has 2 aromatic rings. The Kier molecular flexibility index (Phi) is 5.11. The number of aromatic nitrogens is 2. The summed E-state index contributed by atoms with van der Waals surface area (Å²) in [7, 11) is 0. The van der Waals surface area contributed by atoms with Gasteiger partial charge in [-0.2, -0.15) is 4.98 Å². The van der Waals surface area contributed by atoms with E-state index >= 15 is 0 Å². The van der Waals surface area contributed by atoms with Gasteiger partial charge in [0.25, 0.3) is 5.89 Å². The number of nitrogens with one attached hydrogen (secondary N) is 1. The molecule has 2 aliphatic carbocycles. The van der Waals surface area contributed by atoms with Crippen LogP contribution in [0.5, 0.6) is 0 Å². The topological polar surface area (TPSA) is 94.0 Å². The van der Waals surface area contributed by atoms with Gasteiger partial charge in [0.1, 0.15) is 0 Å². The zero-order valence-electron chi connectivity index (χ0n) is 14.1. The summed E-state index contributed by atoms with van der Waals surface area (Å²) in [5.74, 6) is 1.83. The van der Waals surface area contributed by atoms with E-state index in [1.165, 1.54) is 0 Å². The molecule has 2 fully saturated rings. The summed E-state index contributed by atoms with van der Waals surface area (Å²) in [6.07, 6.45) is 3.37. The van der Waals surface area contributed by atoms with Crippen molar-refractivity contribution in [2.45, 2.75) is 38.3 Å². The molecule has 2 aliphatic rings. The van der Waals surface area contributed by atoms with Gasteiger partial charge in [-0.05, 0) is 50.2 Å². The fourth-order valence-corrected chi connectivity index (χ4v) is 4.21. The van der Waals surface area contributed by atoms with Crippen molar-refractivity contribution < 1.29 is 9.32 Å². The van der Waals surface area contributed by atoms with Crippen molar-refractivity contribution in [1.82, 2.24) is 15.5 Å². The van der Waals surface area contributed by atoms with Crippen molar-refractivity contribution in [3.8, 4) is 11.5 Å². The first-order valence-electron chi connectivity index (χ1n) is 8.58. The van der Waals surface area contributed by atoms with Gasteiger partial charge in [0.2, 0.25) is 5.91 Å². The molecule has 4 rings (SSSR count). The Balaban J connectivity index is 0.00000182. The molecule has 0 spiro atoms. The van der Waals surface area contributed by atoms with E-state index in [0.717, 1.165) is 24.8 Å². The summed E-state index contributed by atoms with van der Waals surface area (Å²) in [5.41, 5.74) is 7.11. The molecule has 1 aromatic heterocycles. The maximum atomic E-state index is 12.6. The lowest BCUT2D eigenvalue weighted by atomic mass is 9.84. The number of nitrogens with two attached hydrogens (primary N) is 1. The normalized spacial score (nSPS) is 28.4. The van der Waals surface area contributed by atoms with Crippen LogP contribution in [0, 0.1) is 17.8 Å². The van der Waals surface area contributed by atoms with E-state index in [9.17, 15) is 4.79 Å². The molecule has 2 saturated carbocycles. The summed E-state index contributed by atoms with van der Waals surface area (Å²) in [4.78, 5) is 17.0. The van der Waals surface area contributed by atoms with E-state index in [1.54, 1.807) is 0 Å². The third kappa shape index (κ3) is 3.28. The third-order valence-electron chi connectivity index (χ3n) is 5.49. The Morgan fingerprint density at radius 1 is 1.28 bits per heavy atom. The molecule has 0 radical (unpaired) electrons. The molecule has 3 N–H and O–H groups in total. The molecular formula is C18H23ClN4O2. The fourth-order valence-electron chi connectivity index (χ4n) is 4.21. The van der Waals surface area contributed by atoms with E-state index < -0.39 is 0 Å². The van der Waals surface area contributed by atoms with Gasteiger partial charge >= 0.3 is 0 Å². The summed E-state index contributed by atoms with van der Waals surface area (Å²) in [5, 5.41) is 7.02. The molecule has 5 unspecified atom stereocenters. The predicted molar refractivity (Wildman–Crippen MR) is 95.8 cm³/mol. The number of benzene rings is 1. The largest absolute Gasteiger partial charge is 0.346 e. The lowest BCUT2D eigenvalue weighted by Gasteiger charge is -2.27. The SMILES string of the molecule is CC(NC(=O)C1C2CCC(C2)C1N)c1noc(-c2ccccc2)n1.Cl. The second-order valence-corrected chi connectivity index (χ2v) is 6.99. The lowest BCUT2D eigenvalue weighted by molar-refractivity contribution is -0.127. The summed E-state index contributed by atoms with van der Waals surface area (Å²) in [6, 6.07) is 9.28. The first-order valence-corrected chi connectivity index (χ1v) is 8.58. The Labute approximate surface area is 153 Å². The first-order chi connectivity index (χ1) is 11.6. The van der Waals surface area contributed by atoms with Crippen LogP contribution in [0.25, 0.3) is 11.5 Å². The van der Waals surface area contributed by atoms with Crippen LogP contribution in [0.2, 0.25) is 0 Å². The van der Waals surface area contributed by atoms with E-state index in [1.807, 2.05) is 37.3 Å². The molecule has 0 aliphatic heterocycles. The highest BCUT2D eigenvalue weighted by Gasteiger charge is 2.49. The highest BCUT2D eigenvalue weighted by Crippen LogP contribution is 2.47. The van der Waals surface area contributed by atoms with Crippen LogP contribution in [-0.2, 0) is 4.79 Å². The fraction of sp³-hybridized carbons (Fsp3) is 0.500. The molecule has 6 nitrogen and oxygen atoms in total. The molecule has 7 heteroatoms. The van der Waals surface area contributed by atoms with E-state index in [4.69, 9.17) is 10.3 Å². The average molecular weight is 363 g/mol.